The van der Waals surface area contributed by atoms with Gasteiger partial charge in [-0.25, -0.2) is 4.79 Å². The van der Waals surface area contributed by atoms with Crippen LogP contribution >= 0.6 is 10.7 Å². The standard InChI is InChI=1S/C5H10ClNO4S/c1-3-4-7(5(8)11-2)12(6,9)10/h3-4H2,1-2H3. The van der Waals surface area contributed by atoms with E-state index in [9.17, 15) is 13.2 Å². The van der Waals surface area contributed by atoms with Crippen LogP contribution in [0.15, 0.2) is 0 Å². The van der Waals surface area contributed by atoms with E-state index in [-0.39, 0.29) is 6.54 Å². The fourth-order valence-corrected chi connectivity index (χ4v) is 1.62. The molecule has 0 aromatic carbocycles. The maximum atomic E-state index is 10.8. The van der Waals surface area contributed by atoms with Gasteiger partial charge in [-0.05, 0) is 6.42 Å². The summed E-state index contributed by atoms with van der Waals surface area (Å²) in [7, 11) is 2.03. The van der Waals surface area contributed by atoms with E-state index in [1.807, 2.05) is 0 Å². The smallest absolute Gasteiger partial charge is 0.424 e. The molecule has 0 aliphatic heterocycles. The molecule has 0 rings (SSSR count). The molecule has 0 aliphatic carbocycles. The summed E-state index contributed by atoms with van der Waals surface area (Å²) in [5, 5.41) is 0. The van der Waals surface area contributed by atoms with Crippen LogP contribution in [-0.4, -0.2) is 32.5 Å². The predicted molar refractivity (Wildman–Crippen MR) is 44.2 cm³/mol. The van der Waals surface area contributed by atoms with E-state index in [1.165, 1.54) is 0 Å². The van der Waals surface area contributed by atoms with Gasteiger partial charge in [0.05, 0.1) is 7.11 Å². The van der Waals surface area contributed by atoms with Crippen LogP contribution < -0.4 is 0 Å². The molecule has 0 saturated carbocycles. The maximum Gasteiger partial charge on any atom is 0.424 e. The third-order valence-electron chi connectivity index (χ3n) is 1.07. The number of carbonyl (C=O) groups is 1. The highest BCUT2D eigenvalue weighted by molar-refractivity contribution is 8.12. The second-order valence-electron chi connectivity index (χ2n) is 1.98. The van der Waals surface area contributed by atoms with E-state index in [0.29, 0.717) is 10.7 Å². The zero-order valence-corrected chi connectivity index (χ0v) is 8.35. The molecule has 0 fully saturated rings. The summed E-state index contributed by atoms with van der Waals surface area (Å²) in [4.78, 5) is 10.8. The first-order chi connectivity index (χ1) is 5.43. The molecule has 0 atom stereocenters. The van der Waals surface area contributed by atoms with Crippen LogP contribution in [0.3, 0.4) is 0 Å². The molecule has 0 saturated heterocycles. The number of nitrogens with zero attached hydrogens (tertiary/aromatic N) is 1. The van der Waals surface area contributed by atoms with Crippen molar-refractivity contribution in [1.29, 1.82) is 0 Å². The van der Waals surface area contributed by atoms with E-state index in [2.05, 4.69) is 4.74 Å². The van der Waals surface area contributed by atoms with Gasteiger partial charge in [-0.15, -0.1) is 0 Å². The number of carbonyl (C=O) groups excluding carboxylic acids is 1. The third kappa shape index (κ3) is 3.27. The Kier molecular flexibility index (Phi) is 4.33. The number of methoxy groups -OCH3 is 1. The minimum atomic E-state index is -4.01. The normalized spacial score (nSPS) is 10.9. The topological polar surface area (TPSA) is 63.7 Å². The van der Waals surface area contributed by atoms with Crippen molar-refractivity contribution in [3.63, 3.8) is 0 Å². The summed E-state index contributed by atoms with van der Waals surface area (Å²) in [6, 6.07) is 0. The first kappa shape index (κ1) is 11.5. The largest absolute Gasteiger partial charge is 0.452 e. The van der Waals surface area contributed by atoms with Crippen LogP contribution in [0.1, 0.15) is 13.3 Å². The summed E-state index contributed by atoms with van der Waals surface area (Å²) >= 11 is 0. The molecule has 0 bridgehead atoms. The van der Waals surface area contributed by atoms with Crippen molar-refractivity contribution in [3.8, 4) is 0 Å². The van der Waals surface area contributed by atoms with E-state index < -0.39 is 15.3 Å². The Morgan fingerprint density at radius 3 is 2.33 bits per heavy atom. The zero-order valence-electron chi connectivity index (χ0n) is 6.78. The summed E-state index contributed by atoms with van der Waals surface area (Å²) < 4.78 is 26.1. The molecule has 0 unspecified atom stereocenters. The number of hydrogen-bond donors (Lipinski definition) is 0. The van der Waals surface area contributed by atoms with Gasteiger partial charge in [0.25, 0.3) is 0 Å². The Labute approximate surface area is 75.8 Å². The van der Waals surface area contributed by atoms with Gasteiger partial charge >= 0.3 is 15.3 Å². The molecule has 1 amide bonds. The Morgan fingerprint density at radius 1 is 1.58 bits per heavy atom. The van der Waals surface area contributed by atoms with Gasteiger partial charge < -0.3 is 4.74 Å². The molecule has 0 N–H and O–H groups in total. The Balaban J connectivity index is 4.56. The molecular formula is C5H10ClNO4S. The van der Waals surface area contributed by atoms with Crippen LogP contribution in [0.25, 0.3) is 0 Å². The fourth-order valence-electron chi connectivity index (χ4n) is 0.594. The Morgan fingerprint density at radius 2 is 2.08 bits per heavy atom. The summed E-state index contributed by atoms with van der Waals surface area (Å²) in [6.07, 6.45) is -0.479. The summed E-state index contributed by atoms with van der Waals surface area (Å²) in [6.45, 7) is 1.75. The number of halogens is 1. The van der Waals surface area contributed by atoms with E-state index in [4.69, 9.17) is 10.7 Å². The monoisotopic (exact) mass is 215 g/mol. The van der Waals surface area contributed by atoms with Gasteiger partial charge in [0.2, 0.25) is 0 Å². The number of ether oxygens (including phenoxy) is 1. The van der Waals surface area contributed by atoms with Crippen LogP contribution in [-0.2, 0) is 14.0 Å². The highest BCUT2D eigenvalue weighted by atomic mass is 35.7. The SMILES string of the molecule is CCCN(C(=O)OC)S(=O)(=O)Cl. The molecule has 0 aliphatic rings. The van der Waals surface area contributed by atoms with Gasteiger partial charge in [0.1, 0.15) is 0 Å². The highest BCUT2D eigenvalue weighted by Gasteiger charge is 2.24. The molecule has 7 heteroatoms. The van der Waals surface area contributed by atoms with Gasteiger partial charge in [-0.1, -0.05) is 6.92 Å². The molecular weight excluding hydrogens is 206 g/mol. The summed E-state index contributed by atoms with van der Waals surface area (Å²) in [5.41, 5.74) is 0. The molecule has 5 nitrogen and oxygen atoms in total. The van der Waals surface area contributed by atoms with Crippen LogP contribution in [0.2, 0.25) is 0 Å². The lowest BCUT2D eigenvalue weighted by atomic mass is 10.5. The van der Waals surface area contributed by atoms with Crippen molar-refractivity contribution in [1.82, 2.24) is 4.31 Å². The minimum Gasteiger partial charge on any atom is -0.452 e. The van der Waals surface area contributed by atoms with Crippen molar-refractivity contribution >= 4 is 26.0 Å². The van der Waals surface area contributed by atoms with Gasteiger partial charge in [0.15, 0.2) is 0 Å². The molecule has 72 valence electrons. The molecule has 0 spiro atoms. The average molecular weight is 216 g/mol. The van der Waals surface area contributed by atoms with Gasteiger partial charge in [-0.3, -0.25) is 0 Å². The fraction of sp³-hybridized carbons (Fsp3) is 0.800. The lowest BCUT2D eigenvalue weighted by molar-refractivity contribution is 0.149. The van der Waals surface area contributed by atoms with Crippen LogP contribution in [0, 0.1) is 0 Å². The second kappa shape index (κ2) is 4.51. The Bertz CT molecular complexity index is 250. The van der Waals surface area contributed by atoms with E-state index >= 15 is 0 Å². The second-order valence-corrected chi connectivity index (χ2v) is 4.42. The molecule has 0 heterocycles. The number of hydrogen-bond acceptors (Lipinski definition) is 4. The lowest BCUT2D eigenvalue weighted by Gasteiger charge is -2.15. The maximum absolute atomic E-state index is 10.8. The Hall–Kier alpha value is -0.490. The van der Waals surface area contributed by atoms with Crippen molar-refractivity contribution in [3.05, 3.63) is 0 Å². The highest BCUT2D eigenvalue weighted by Crippen LogP contribution is 2.08. The lowest BCUT2D eigenvalue weighted by Crippen LogP contribution is -2.34. The number of amides is 1. The van der Waals surface area contributed by atoms with E-state index in [0.717, 1.165) is 7.11 Å². The van der Waals surface area contributed by atoms with Gasteiger partial charge in [0, 0.05) is 17.2 Å². The predicted octanol–water partition coefficient (Wildman–Crippen LogP) is 0.948. The average Bonchev–Trinajstić information content (AvgIpc) is 1.96. The zero-order chi connectivity index (χ0) is 9.78. The first-order valence-electron chi connectivity index (χ1n) is 3.23. The van der Waals surface area contributed by atoms with Gasteiger partial charge in [-0.2, -0.15) is 12.7 Å². The van der Waals surface area contributed by atoms with Crippen molar-refractivity contribution in [2.75, 3.05) is 13.7 Å². The summed E-state index contributed by atoms with van der Waals surface area (Å²) in [5.74, 6) is 0. The molecule has 0 aromatic rings. The van der Waals surface area contributed by atoms with Crippen LogP contribution in [0.5, 0.6) is 0 Å². The molecule has 0 radical (unpaired) electrons. The molecule has 0 aromatic heterocycles. The third-order valence-corrected chi connectivity index (χ3v) is 2.43. The minimum absolute atomic E-state index is 0.0263. The van der Waals surface area contributed by atoms with Crippen molar-refractivity contribution in [2.45, 2.75) is 13.3 Å². The van der Waals surface area contributed by atoms with Crippen LogP contribution in [0.4, 0.5) is 4.79 Å². The van der Waals surface area contributed by atoms with Crippen molar-refractivity contribution in [2.24, 2.45) is 0 Å². The quantitative estimate of drug-likeness (QED) is 0.658. The van der Waals surface area contributed by atoms with Crippen molar-refractivity contribution < 1.29 is 17.9 Å². The molecule has 12 heavy (non-hydrogen) atoms. The number of rotatable bonds is 3. The van der Waals surface area contributed by atoms with E-state index in [1.54, 1.807) is 6.92 Å². The first-order valence-corrected chi connectivity index (χ1v) is 5.50.